The van der Waals surface area contributed by atoms with Crippen molar-refractivity contribution in [3.05, 3.63) is 77.4 Å². The van der Waals surface area contributed by atoms with Crippen LogP contribution in [0.25, 0.3) is 5.70 Å². The third-order valence-electron chi connectivity index (χ3n) is 3.17. The second kappa shape index (κ2) is 4.61. The van der Waals surface area contributed by atoms with Crippen molar-refractivity contribution in [3.63, 3.8) is 0 Å². The van der Waals surface area contributed by atoms with Gasteiger partial charge in [-0.3, -0.25) is 4.99 Å². The highest BCUT2D eigenvalue weighted by Crippen LogP contribution is 2.25. The topological polar surface area (TPSA) is 12.4 Å². The molecule has 0 N–H and O–H groups in total. The molecule has 0 aliphatic carbocycles. The molecule has 0 atom stereocenters. The molecule has 1 heterocycles. The van der Waals surface area contributed by atoms with Gasteiger partial charge in [0.05, 0.1) is 11.4 Å². The van der Waals surface area contributed by atoms with E-state index >= 15 is 0 Å². The second-order valence-electron chi connectivity index (χ2n) is 4.59. The van der Waals surface area contributed by atoms with Gasteiger partial charge in [0.25, 0.3) is 0 Å². The Hall–Kier alpha value is -2.15. The number of aliphatic imine (C=N–C) groups is 1. The van der Waals surface area contributed by atoms with Gasteiger partial charge in [-0.15, -0.1) is 0 Å². The molecule has 1 nitrogen and oxygen atoms in total. The summed E-state index contributed by atoms with van der Waals surface area (Å²) in [6, 6.07) is 18.9. The van der Waals surface area contributed by atoms with Gasteiger partial charge in [0.2, 0.25) is 0 Å². The average molecular weight is 233 g/mol. The minimum absolute atomic E-state index is 0.924. The molecule has 88 valence electrons. The van der Waals surface area contributed by atoms with E-state index in [9.17, 15) is 0 Å². The average Bonchev–Trinajstić information content (AvgIpc) is 2.89. The zero-order chi connectivity index (χ0) is 12.4. The zero-order valence-corrected chi connectivity index (χ0v) is 10.4. The maximum Gasteiger partial charge on any atom is 0.0669 e. The molecule has 0 amide bonds. The van der Waals surface area contributed by atoms with Gasteiger partial charge in [-0.2, -0.15) is 0 Å². The highest BCUT2D eigenvalue weighted by molar-refractivity contribution is 6.07. The van der Waals surface area contributed by atoms with E-state index in [-0.39, 0.29) is 0 Å². The number of benzene rings is 2. The predicted molar refractivity (Wildman–Crippen MR) is 76.8 cm³/mol. The maximum absolute atomic E-state index is 4.75. The molecule has 0 spiro atoms. The quantitative estimate of drug-likeness (QED) is 0.736. The van der Waals surface area contributed by atoms with Crippen molar-refractivity contribution in [2.24, 2.45) is 4.99 Å². The largest absolute Gasteiger partial charge is 0.252 e. The fourth-order valence-corrected chi connectivity index (χ4v) is 2.23. The van der Waals surface area contributed by atoms with E-state index in [0.717, 1.165) is 17.8 Å². The van der Waals surface area contributed by atoms with Crippen LogP contribution in [0.4, 0.5) is 0 Å². The monoisotopic (exact) mass is 233 g/mol. The molecule has 1 aliphatic heterocycles. The lowest BCUT2D eigenvalue weighted by molar-refractivity contribution is 1.43. The molecule has 1 heteroatoms. The van der Waals surface area contributed by atoms with Crippen LogP contribution in [0, 0.1) is 6.92 Å². The Morgan fingerprint density at radius 2 is 1.67 bits per heavy atom. The highest BCUT2D eigenvalue weighted by atomic mass is 14.8. The third-order valence-corrected chi connectivity index (χ3v) is 3.17. The molecule has 0 unspecified atom stereocenters. The van der Waals surface area contributed by atoms with Crippen LogP contribution < -0.4 is 0 Å². The van der Waals surface area contributed by atoms with Crippen LogP contribution in [0.3, 0.4) is 0 Å². The van der Waals surface area contributed by atoms with Crippen molar-refractivity contribution in [2.45, 2.75) is 13.3 Å². The molecule has 0 saturated carbocycles. The van der Waals surface area contributed by atoms with E-state index in [1.165, 1.54) is 16.7 Å². The van der Waals surface area contributed by atoms with E-state index < -0.39 is 0 Å². The summed E-state index contributed by atoms with van der Waals surface area (Å²) in [6.45, 7) is 2.11. The van der Waals surface area contributed by atoms with Gasteiger partial charge < -0.3 is 0 Å². The van der Waals surface area contributed by atoms with Crippen molar-refractivity contribution in [3.8, 4) is 0 Å². The van der Waals surface area contributed by atoms with Crippen LogP contribution in [-0.2, 0) is 0 Å². The third kappa shape index (κ3) is 2.12. The van der Waals surface area contributed by atoms with E-state index in [0.29, 0.717) is 0 Å². The number of nitrogens with zero attached hydrogens (tertiary/aromatic N) is 1. The minimum Gasteiger partial charge on any atom is -0.252 e. The lowest BCUT2D eigenvalue weighted by Gasteiger charge is -2.01. The van der Waals surface area contributed by atoms with Crippen molar-refractivity contribution in [1.29, 1.82) is 0 Å². The van der Waals surface area contributed by atoms with Gasteiger partial charge >= 0.3 is 0 Å². The highest BCUT2D eigenvalue weighted by Gasteiger charge is 2.11. The van der Waals surface area contributed by atoms with Gasteiger partial charge in [-0.05, 0) is 18.6 Å². The zero-order valence-electron chi connectivity index (χ0n) is 10.4. The summed E-state index contributed by atoms with van der Waals surface area (Å²) in [5.41, 5.74) is 5.96. The van der Waals surface area contributed by atoms with Gasteiger partial charge in [-0.25, -0.2) is 0 Å². The summed E-state index contributed by atoms with van der Waals surface area (Å²) in [4.78, 5) is 4.75. The van der Waals surface area contributed by atoms with Gasteiger partial charge in [0.15, 0.2) is 0 Å². The molecule has 0 fully saturated rings. The van der Waals surface area contributed by atoms with Crippen LogP contribution >= 0.6 is 0 Å². The standard InChI is InChI=1S/C17H15N/c1-13-6-5-9-15(12-13)17-11-10-16(18-17)14-7-3-2-4-8-14/h2-9,11-12H,10H2,1H3. The van der Waals surface area contributed by atoms with E-state index in [1.54, 1.807) is 0 Å². The first-order valence-electron chi connectivity index (χ1n) is 6.23. The minimum atomic E-state index is 0.924. The van der Waals surface area contributed by atoms with E-state index in [1.807, 2.05) is 6.07 Å². The smallest absolute Gasteiger partial charge is 0.0669 e. The van der Waals surface area contributed by atoms with Crippen LogP contribution in [0.1, 0.15) is 23.1 Å². The normalized spacial score (nSPS) is 14.3. The SMILES string of the molecule is Cc1cccc(C2=CCC(c3ccccc3)=N2)c1. The number of rotatable bonds is 2. The maximum atomic E-state index is 4.75. The summed E-state index contributed by atoms with van der Waals surface area (Å²) in [5, 5.41) is 0. The van der Waals surface area contributed by atoms with E-state index in [2.05, 4.69) is 61.5 Å². The fraction of sp³-hybridized carbons (Fsp3) is 0.118. The van der Waals surface area contributed by atoms with Crippen molar-refractivity contribution in [2.75, 3.05) is 0 Å². The number of hydrogen-bond acceptors (Lipinski definition) is 1. The Morgan fingerprint density at radius 3 is 2.44 bits per heavy atom. The second-order valence-corrected chi connectivity index (χ2v) is 4.59. The first-order chi connectivity index (χ1) is 8.83. The first-order valence-corrected chi connectivity index (χ1v) is 6.23. The molecule has 3 rings (SSSR count). The number of aryl methyl sites for hydroxylation is 1. The number of hydrogen-bond donors (Lipinski definition) is 0. The first kappa shape index (κ1) is 11.0. The molecular formula is C17H15N. The molecule has 2 aromatic carbocycles. The molecule has 0 bridgehead atoms. The molecule has 18 heavy (non-hydrogen) atoms. The Kier molecular flexibility index (Phi) is 2.81. The Bertz CT molecular complexity index is 621. The fourth-order valence-electron chi connectivity index (χ4n) is 2.23. The van der Waals surface area contributed by atoms with Gasteiger partial charge in [0.1, 0.15) is 0 Å². The predicted octanol–water partition coefficient (Wildman–Crippen LogP) is 4.23. The van der Waals surface area contributed by atoms with E-state index in [4.69, 9.17) is 4.99 Å². The Morgan fingerprint density at radius 1 is 0.889 bits per heavy atom. The van der Waals surface area contributed by atoms with Crippen molar-refractivity contribution >= 4 is 11.4 Å². The van der Waals surface area contributed by atoms with Crippen LogP contribution in [0.15, 0.2) is 65.7 Å². The summed E-state index contributed by atoms with van der Waals surface area (Å²) < 4.78 is 0. The molecule has 1 aliphatic rings. The summed E-state index contributed by atoms with van der Waals surface area (Å²) in [5.74, 6) is 0. The molecule has 2 aromatic rings. The van der Waals surface area contributed by atoms with Crippen molar-refractivity contribution in [1.82, 2.24) is 0 Å². The summed E-state index contributed by atoms with van der Waals surface area (Å²) >= 11 is 0. The lowest BCUT2D eigenvalue weighted by Crippen LogP contribution is -1.94. The molecule has 0 radical (unpaired) electrons. The molecule has 0 aromatic heterocycles. The summed E-state index contributed by atoms with van der Waals surface area (Å²) in [6.07, 6.45) is 3.13. The Labute approximate surface area is 108 Å². The van der Waals surface area contributed by atoms with Gasteiger partial charge in [0, 0.05) is 12.0 Å². The van der Waals surface area contributed by atoms with Gasteiger partial charge in [-0.1, -0.05) is 60.2 Å². The lowest BCUT2D eigenvalue weighted by atomic mass is 10.1. The molecule has 0 saturated heterocycles. The van der Waals surface area contributed by atoms with Crippen molar-refractivity contribution < 1.29 is 0 Å². The summed E-state index contributed by atoms with van der Waals surface area (Å²) in [7, 11) is 0. The number of allylic oxidation sites excluding steroid dienone is 1. The van der Waals surface area contributed by atoms with Crippen LogP contribution in [-0.4, -0.2) is 5.71 Å². The van der Waals surface area contributed by atoms with Crippen LogP contribution in [0.2, 0.25) is 0 Å². The molecular weight excluding hydrogens is 218 g/mol. The Balaban J connectivity index is 1.92. The van der Waals surface area contributed by atoms with Crippen LogP contribution in [0.5, 0.6) is 0 Å².